The van der Waals surface area contributed by atoms with Crippen LogP contribution in [-0.2, 0) is 9.47 Å². The van der Waals surface area contributed by atoms with Crippen LogP contribution in [0.5, 0.6) is 0 Å². The largest absolute Gasteiger partial charge is 0.444 e. The molecular formula is C17H34N2O3. The van der Waals surface area contributed by atoms with Gasteiger partial charge in [-0.05, 0) is 52.4 Å². The van der Waals surface area contributed by atoms with Crippen LogP contribution in [0.1, 0.15) is 60.3 Å². The molecule has 0 radical (unpaired) electrons. The Balaban J connectivity index is 2.43. The lowest BCUT2D eigenvalue weighted by molar-refractivity contribution is 0.0489. The molecule has 3 unspecified atom stereocenters. The number of hydrogen-bond donors (Lipinski definition) is 2. The summed E-state index contributed by atoms with van der Waals surface area (Å²) in [6.45, 7) is 10.5. The number of amides is 1. The third kappa shape index (κ3) is 7.45. The third-order valence-corrected chi connectivity index (χ3v) is 4.08. The van der Waals surface area contributed by atoms with Gasteiger partial charge < -0.3 is 20.1 Å². The molecule has 3 atom stereocenters. The van der Waals surface area contributed by atoms with Crippen molar-refractivity contribution in [2.45, 2.75) is 84.1 Å². The van der Waals surface area contributed by atoms with E-state index in [1.54, 1.807) is 7.11 Å². The molecule has 0 bridgehead atoms. The standard InChI is InChI=1S/C17H34N2O3/c1-12(2)15(11-18-16(20)22-17(3,4)5)19-13-8-7-9-14(10-13)21-6/h12-15,19H,7-11H2,1-6H3,(H,18,20). The van der Waals surface area contributed by atoms with Gasteiger partial charge in [0.2, 0.25) is 0 Å². The smallest absolute Gasteiger partial charge is 0.407 e. The van der Waals surface area contributed by atoms with Gasteiger partial charge in [-0.2, -0.15) is 0 Å². The zero-order valence-corrected chi connectivity index (χ0v) is 15.1. The fourth-order valence-electron chi connectivity index (χ4n) is 2.81. The van der Waals surface area contributed by atoms with Gasteiger partial charge in [0.05, 0.1) is 6.10 Å². The highest BCUT2D eigenvalue weighted by Crippen LogP contribution is 2.21. The second-order valence-electron chi connectivity index (χ2n) is 7.62. The summed E-state index contributed by atoms with van der Waals surface area (Å²) in [7, 11) is 1.79. The summed E-state index contributed by atoms with van der Waals surface area (Å²) in [6.07, 6.45) is 4.58. The maximum absolute atomic E-state index is 11.8. The molecule has 0 aromatic carbocycles. The number of carbonyl (C=O) groups is 1. The van der Waals surface area contributed by atoms with Gasteiger partial charge in [-0.3, -0.25) is 0 Å². The molecule has 0 aromatic heterocycles. The fourth-order valence-corrected chi connectivity index (χ4v) is 2.81. The molecule has 22 heavy (non-hydrogen) atoms. The summed E-state index contributed by atoms with van der Waals surface area (Å²) in [5.74, 6) is 0.442. The number of carbonyl (C=O) groups excluding carboxylic acids is 1. The third-order valence-electron chi connectivity index (χ3n) is 4.08. The summed E-state index contributed by atoms with van der Waals surface area (Å²) < 4.78 is 10.8. The molecule has 5 heteroatoms. The highest BCUT2D eigenvalue weighted by Gasteiger charge is 2.25. The lowest BCUT2D eigenvalue weighted by Crippen LogP contribution is -2.50. The summed E-state index contributed by atoms with van der Waals surface area (Å²) >= 11 is 0. The first-order valence-electron chi connectivity index (χ1n) is 8.47. The topological polar surface area (TPSA) is 59.6 Å². The molecular weight excluding hydrogens is 280 g/mol. The van der Waals surface area contributed by atoms with E-state index in [1.807, 2.05) is 20.8 Å². The fraction of sp³-hybridized carbons (Fsp3) is 0.941. The molecule has 0 aliphatic heterocycles. The zero-order chi connectivity index (χ0) is 16.8. The Labute approximate surface area is 135 Å². The SMILES string of the molecule is COC1CCCC(NC(CNC(=O)OC(C)(C)C)C(C)C)C1. The molecule has 1 amide bonds. The first kappa shape index (κ1) is 19.2. The van der Waals surface area contributed by atoms with Crippen molar-refractivity contribution in [1.82, 2.24) is 10.6 Å². The van der Waals surface area contributed by atoms with Crippen molar-refractivity contribution in [3.8, 4) is 0 Å². The molecule has 0 saturated heterocycles. The van der Waals surface area contributed by atoms with Gasteiger partial charge in [0, 0.05) is 25.7 Å². The van der Waals surface area contributed by atoms with E-state index in [2.05, 4.69) is 24.5 Å². The van der Waals surface area contributed by atoms with Crippen LogP contribution in [0.4, 0.5) is 4.79 Å². The van der Waals surface area contributed by atoms with Crippen molar-refractivity contribution >= 4 is 6.09 Å². The van der Waals surface area contributed by atoms with Gasteiger partial charge in [-0.25, -0.2) is 4.79 Å². The Hall–Kier alpha value is -0.810. The van der Waals surface area contributed by atoms with Crippen molar-refractivity contribution < 1.29 is 14.3 Å². The second-order valence-corrected chi connectivity index (χ2v) is 7.62. The van der Waals surface area contributed by atoms with Crippen LogP contribution >= 0.6 is 0 Å². The van der Waals surface area contributed by atoms with E-state index in [4.69, 9.17) is 9.47 Å². The Morgan fingerprint density at radius 3 is 2.50 bits per heavy atom. The van der Waals surface area contributed by atoms with Crippen LogP contribution < -0.4 is 10.6 Å². The normalized spacial score (nSPS) is 24.1. The number of methoxy groups -OCH3 is 1. The van der Waals surface area contributed by atoms with Gasteiger partial charge in [-0.1, -0.05) is 13.8 Å². The van der Waals surface area contributed by atoms with E-state index in [-0.39, 0.29) is 12.1 Å². The van der Waals surface area contributed by atoms with E-state index in [9.17, 15) is 4.79 Å². The second kappa shape index (κ2) is 8.73. The van der Waals surface area contributed by atoms with Crippen LogP contribution in [0.2, 0.25) is 0 Å². The monoisotopic (exact) mass is 314 g/mol. The maximum Gasteiger partial charge on any atom is 0.407 e. The quantitative estimate of drug-likeness (QED) is 0.791. The van der Waals surface area contributed by atoms with Crippen molar-refractivity contribution in [3.63, 3.8) is 0 Å². The van der Waals surface area contributed by atoms with Crippen molar-refractivity contribution in [1.29, 1.82) is 0 Å². The van der Waals surface area contributed by atoms with Gasteiger partial charge >= 0.3 is 6.09 Å². The van der Waals surface area contributed by atoms with Gasteiger partial charge in [0.15, 0.2) is 0 Å². The zero-order valence-electron chi connectivity index (χ0n) is 15.1. The molecule has 5 nitrogen and oxygen atoms in total. The summed E-state index contributed by atoms with van der Waals surface area (Å²) in [5, 5.41) is 6.57. The lowest BCUT2D eigenvalue weighted by Gasteiger charge is -2.34. The van der Waals surface area contributed by atoms with Crippen LogP contribution in [0, 0.1) is 5.92 Å². The van der Waals surface area contributed by atoms with E-state index in [0.29, 0.717) is 24.6 Å². The van der Waals surface area contributed by atoms with E-state index in [0.717, 1.165) is 12.8 Å². The number of nitrogens with one attached hydrogen (secondary N) is 2. The molecule has 1 fully saturated rings. The number of alkyl carbamates (subject to hydrolysis) is 1. The summed E-state index contributed by atoms with van der Waals surface area (Å²) in [6, 6.07) is 0.708. The molecule has 130 valence electrons. The number of ether oxygens (including phenoxy) is 2. The predicted molar refractivity (Wildman–Crippen MR) is 89.1 cm³/mol. The van der Waals surface area contributed by atoms with Crippen LogP contribution in [0.3, 0.4) is 0 Å². The lowest BCUT2D eigenvalue weighted by atomic mass is 9.91. The predicted octanol–water partition coefficient (Wildman–Crippen LogP) is 3.08. The van der Waals surface area contributed by atoms with E-state index >= 15 is 0 Å². The summed E-state index contributed by atoms with van der Waals surface area (Å²) in [4.78, 5) is 11.8. The average molecular weight is 314 g/mol. The highest BCUT2D eigenvalue weighted by molar-refractivity contribution is 5.67. The highest BCUT2D eigenvalue weighted by atomic mass is 16.6. The molecule has 0 spiro atoms. The molecule has 1 aliphatic rings. The van der Waals surface area contributed by atoms with Crippen molar-refractivity contribution in [3.05, 3.63) is 0 Å². The van der Waals surface area contributed by atoms with Gasteiger partial charge in [0.1, 0.15) is 5.60 Å². The molecule has 1 saturated carbocycles. The molecule has 0 heterocycles. The Kier molecular flexibility index (Phi) is 7.63. The minimum atomic E-state index is -0.458. The van der Waals surface area contributed by atoms with Gasteiger partial charge in [-0.15, -0.1) is 0 Å². The Morgan fingerprint density at radius 1 is 1.27 bits per heavy atom. The Morgan fingerprint density at radius 2 is 1.95 bits per heavy atom. The first-order chi connectivity index (χ1) is 10.2. The van der Waals surface area contributed by atoms with Crippen LogP contribution in [0.15, 0.2) is 0 Å². The van der Waals surface area contributed by atoms with Crippen LogP contribution in [-0.4, -0.2) is 43.5 Å². The van der Waals surface area contributed by atoms with Crippen molar-refractivity contribution in [2.75, 3.05) is 13.7 Å². The number of hydrogen-bond acceptors (Lipinski definition) is 4. The average Bonchev–Trinajstić information content (AvgIpc) is 2.41. The van der Waals surface area contributed by atoms with Gasteiger partial charge in [0.25, 0.3) is 0 Å². The molecule has 1 aliphatic carbocycles. The summed E-state index contributed by atoms with van der Waals surface area (Å²) in [5.41, 5.74) is -0.458. The Bertz CT molecular complexity index is 339. The maximum atomic E-state index is 11.8. The minimum Gasteiger partial charge on any atom is -0.444 e. The van der Waals surface area contributed by atoms with E-state index in [1.165, 1.54) is 12.8 Å². The molecule has 1 rings (SSSR count). The minimum absolute atomic E-state index is 0.244. The van der Waals surface area contributed by atoms with Crippen molar-refractivity contribution in [2.24, 2.45) is 5.92 Å². The molecule has 2 N–H and O–H groups in total. The van der Waals surface area contributed by atoms with Crippen LogP contribution in [0.25, 0.3) is 0 Å². The number of rotatable bonds is 6. The van der Waals surface area contributed by atoms with E-state index < -0.39 is 5.60 Å². The first-order valence-corrected chi connectivity index (χ1v) is 8.47. The molecule has 0 aromatic rings.